The Balaban J connectivity index is 0.000000411. The Kier molecular flexibility index (Phi) is 11.2. The van der Waals surface area contributed by atoms with Crippen LogP contribution in [0.1, 0.15) is 40.5 Å². The van der Waals surface area contributed by atoms with E-state index in [4.69, 9.17) is 0 Å². The average Bonchev–Trinajstić information content (AvgIpc) is 3.03. The van der Waals surface area contributed by atoms with Gasteiger partial charge in [0.15, 0.2) is 0 Å². The van der Waals surface area contributed by atoms with Crippen LogP contribution in [0.15, 0.2) is 47.6 Å². The van der Waals surface area contributed by atoms with Crippen molar-refractivity contribution in [2.24, 2.45) is 35.5 Å². The van der Waals surface area contributed by atoms with Crippen molar-refractivity contribution >= 4 is 0 Å². The van der Waals surface area contributed by atoms with Crippen LogP contribution in [0.4, 0.5) is 0 Å². The van der Waals surface area contributed by atoms with E-state index in [1.807, 2.05) is 0 Å². The molecule has 6 atom stereocenters. The summed E-state index contributed by atoms with van der Waals surface area (Å²) in [6.07, 6.45) is 21.1. The molecule has 0 saturated heterocycles. The molecule has 0 spiro atoms. The number of hydrogen-bond donors (Lipinski definition) is 0. The largest absolute Gasteiger partial charge is 4.00 e. The summed E-state index contributed by atoms with van der Waals surface area (Å²) in [6.45, 7) is 9.26. The summed E-state index contributed by atoms with van der Waals surface area (Å²) < 4.78 is 0. The van der Waals surface area contributed by atoms with Crippen molar-refractivity contribution in [2.45, 2.75) is 40.5 Å². The maximum absolute atomic E-state index is 2.42. The van der Waals surface area contributed by atoms with Gasteiger partial charge in [0.1, 0.15) is 0 Å². The van der Waals surface area contributed by atoms with E-state index in [-0.39, 0.29) is 51.0 Å². The van der Waals surface area contributed by atoms with Crippen molar-refractivity contribution in [1.82, 2.24) is 0 Å². The Morgan fingerprint density at radius 3 is 1.40 bits per heavy atom. The van der Waals surface area contributed by atoms with Crippen LogP contribution in [-0.2, 0) is 26.2 Å². The molecule has 3 heteroatoms. The van der Waals surface area contributed by atoms with Gasteiger partial charge in [-0.1, -0.05) is 64.5 Å². The van der Waals surface area contributed by atoms with Crippen LogP contribution in [-0.4, -0.2) is 0 Å². The van der Waals surface area contributed by atoms with E-state index >= 15 is 0 Å². The van der Waals surface area contributed by atoms with Gasteiger partial charge in [0.2, 0.25) is 0 Å². The van der Waals surface area contributed by atoms with Crippen LogP contribution < -0.4 is 24.8 Å². The summed E-state index contributed by atoms with van der Waals surface area (Å²) in [5.74, 6) is 4.78. The number of allylic oxidation sites excluding steroid dienone is 8. The van der Waals surface area contributed by atoms with Gasteiger partial charge in [-0.3, -0.25) is 0 Å². The number of halogens is 2. The van der Waals surface area contributed by atoms with Crippen molar-refractivity contribution < 1.29 is 51.0 Å². The molecule has 6 unspecified atom stereocenters. The second-order valence-electron chi connectivity index (χ2n) is 7.79. The van der Waals surface area contributed by atoms with E-state index in [2.05, 4.69) is 77.0 Å². The molecule has 25 heavy (non-hydrogen) atoms. The minimum Gasteiger partial charge on any atom is -1.00 e. The zero-order chi connectivity index (χ0) is 15.7. The maximum Gasteiger partial charge on any atom is 4.00 e. The van der Waals surface area contributed by atoms with Crippen LogP contribution in [0, 0.1) is 48.3 Å². The molecule has 4 aliphatic carbocycles. The van der Waals surface area contributed by atoms with Crippen molar-refractivity contribution in [3.05, 3.63) is 60.4 Å². The molecular weight excluding hydrogens is 426 g/mol. The first kappa shape index (κ1) is 25.2. The SMILES string of the molecule is CC1[CH-]C2=CC=CC(C)C2C1.CC1[CH-]C2=CC=CC(C)C2C1.[Cl-].[Cl-].[Zr+4]. The average molecular weight is 457 g/mol. The van der Waals surface area contributed by atoms with Gasteiger partial charge in [0.25, 0.3) is 0 Å². The molecule has 0 aromatic heterocycles. The van der Waals surface area contributed by atoms with Crippen LogP contribution >= 0.6 is 0 Å². The monoisotopic (exact) mass is 454 g/mol. The third kappa shape index (κ3) is 6.09. The van der Waals surface area contributed by atoms with Gasteiger partial charge in [-0.25, -0.2) is 36.1 Å². The fourth-order valence-corrected chi connectivity index (χ4v) is 4.46. The zero-order valence-corrected chi connectivity index (χ0v) is 19.7. The quantitative estimate of drug-likeness (QED) is 0.449. The van der Waals surface area contributed by atoms with Gasteiger partial charge in [-0.05, 0) is 23.7 Å². The Bertz CT molecular complexity index is 484. The molecule has 4 rings (SSSR count). The molecule has 0 bridgehead atoms. The van der Waals surface area contributed by atoms with E-state index in [1.54, 1.807) is 11.1 Å². The molecule has 0 N–H and O–H groups in total. The summed E-state index contributed by atoms with van der Waals surface area (Å²) in [5, 5.41) is 0. The van der Waals surface area contributed by atoms with E-state index in [1.165, 1.54) is 12.8 Å². The summed E-state index contributed by atoms with van der Waals surface area (Å²) >= 11 is 0. The standard InChI is InChI=1S/2C11H15.2ClH.Zr/c2*1-8-6-10-5-3-4-9(2)11(10)7-8;;;/h2*3-6,8-9,11H,7H2,1-2H3;2*1H;/q2*-1;;;+4/p-2. The Labute approximate surface area is 186 Å². The molecule has 4 aliphatic rings. The van der Waals surface area contributed by atoms with Crippen molar-refractivity contribution in [2.75, 3.05) is 0 Å². The molecule has 0 amide bonds. The Morgan fingerprint density at radius 1 is 0.720 bits per heavy atom. The molecule has 0 aliphatic heterocycles. The first-order valence-corrected chi connectivity index (χ1v) is 9.01. The van der Waals surface area contributed by atoms with Crippen LogP contribution in [0.25, 0.3) is 0 Å². The van der Waals surface area contributed by atoms with Crippen molar-refractivity contribution in [1.29, 1.82) is 0 Å². The second kappa shape index (κ2) is 11.1. The fraction of sp³-hybridized carbons (Fsp3) is 0.545. The van der Waals surface area contributed by atoms with Gasteiger partial charge in [0.05, 0.1) is 0 Å². The minimum absolute atomic E-state index is 0. The predicted octanol–water partition coefficient (Wildman–Crippen LogP) is -0.0365. The summed E-state index contributed by atoms with van der Waals surface area (Å²) in [5.41, 5.74) is 3.15. The van der Waals surface area contributed by atoms with Crippen LogP contribution in [0.5, 0.6) is 0 Å². The van der Waals surface area contributed by atoms with Gasteiger partial charge >= 0.3 is 26.2 Å². The Hall–Kier alpha value is 0.163. The molecular formula is C22H30Cl2Zr. The third-order valence-corrected chi connectivity index (χ3v) is 5.74. The summed E-state index contributed by atoms with van der Waals surface area (Å²) in [6, 6.07) is 0. The molecule has 136 valence electrons. The molecule has 0 aromatic carbocycles. The first-order valence-electron chi connectivity index (χ1n) is 9.01. The molecule has 2 fully saturated rings. The van der Waals surface area contributed by atoms with E-state index < -0.39 is 0 Å². The Morgan fingerprint density at radius 2 is 1.08 bits per heavy atom. The first-order chi connectivity index (χ1) is 10.5. The summed E-state index contributed by atoms with van der Waals surface area (Å²) in [7, 11) is 0. The van der Waals surface area contributed by atoms with Gasteiger partial charge in [-0.15, -0.1) is 12.2 Å². The van der Waals surface area contributed by atoms with Crippen molar-refractivity contribution in [3.8, 4) is 0 Å². The number of hydrogen-bond acceptors (Lipinski definition) is 0. The predicted molar refractivity (Wildman–Crippen MR) is 95.9 cm³/mol. The number of fused-ring (bicyclic) bond motifs is 2. The second-order valence-corrected chi connectivity index (χ2v) is 7.79. The molecule has 0 nitrogen and oxygen atoms in total. The normalized spacial score (nSPS) is 36.3. The smallest absolute Gasteiger partial charge is 1.00 e. The fourth-order valence-electron chi connectivity index (χ4n) is 4.46. The number of rotatable bonds is 0. The zero-order valence-electron chi connectivity index (χ0n) is 15.8. The van der Waals surface area contributed by atoms with E-state index in [9.17, 15) is 0 Å². The van der Waals surface area contributed by atoms with Gasteiger partial charge < -0.3 is 24.8 Å². The van der Waals surface area contributed by atoms with Crippen molar-refractivity contribution in [3.63, 3.8) is 0 Å². The molecule has 0 radical (unpaired) electrons. The molecule has 0 heterocycles. The van der Waals surface area contributed by atoms with Crippen LogP contribution in [0.2, 0.25) is 0 Å². The minimum atomic E-state index is 0. The maximum atomic E-state index is 2.42. The van der Waals surface area contributed by atoms with E-state index in [0.717, 1.165) is 35.5 Å². The van der Waals surface area contributed by atoms with Gasteiger partial charge in [-0.2, -0.15) is 0 Å². The summed E-state index contributed by atoms with van der Waals surface area (Å²) in [4.78, 5) is 0. The molecule has 2 saturated carbocycles. The van der Waals surface area contributed by atoms with E-state index in [0.29, 0.717) is 0 Å². The van der Waals surface area contributed by atoms with Gasteiger partial charge in [0, 0.05) is 0 Å². The van der Waals surface area contributed by atoms with Crippen LogP contribution in [0.3, 0.4) is 0 Å². The topological polar surface area (TPSA) is 0 Å². The molecule has 0 aromatic rings. The third-order valence-electron chi connectivity index (χ3n) is 5.74.